The van der Waals surface area contributed by atoms with Crippen LogP contribution in [0.1, 0.15) is 20.3 Å². The molecule has 0 aliphatic carbocycles. The lowest BCUT2D eigenvalue weighted by Crippen LogP contribution is -2.37. The molecule has 0 unspecified atom stereocenters. The lowest BCUT2D eigenvalue weighted by atomic mass is 10.3. The number of nitrogens with one attached hydrogen (secondary N) is 1. The van der Waals surface area contributed by atoms with Crippen LogP contribution in [0.15, 0.2) is 0 Å². The molecule has 17 heavy (non-hydrogen) atoms. The second kappa shape index (κ2) is 8.95. The number of aliphatic carboxylic acids is 1. The van der Waals surface area contributed by atoms with E-state index >= 15 is 0 Å². The van der Waals surface area contributed by atoms with Crippen LogP contribution in [0, 0.1) is 0 Å². The SMILES string of the molecule is COCCN(CCC(=O)NC(C)C)CC(=O)O. The molecule has 0 bridgehead atoms. The van der Waals surface area contributed by atoms with Crippen LogP contribution in [-0.4, -0.2) is 61.3 Å². The quantitative estimate of drug-likeness (QED) is 0.595. The highest BCUT2D eigenvalue weighted by Crippen LogP contribution is 1.93. The largest absolute Gasteiger partial charge is 0.480 e. The molecular weight excluding hydrogens is 224 g/mol. The van der Waals surface area contributed by atoms with E-state index in [1.165, 1.54) is 0 Å². The summed E-state index contributed by atoms with van der Waals surface area (Å²) in [5.74, 6) is -0.960. The Labute approximate surface area is 102 Å². The standard InChI is InChI=1S/C11H22N2O4/c1-9(2)12-10(14)4-5-13(6-7-17-3)8-11(15)16/h9H,4-8H2,1-3H3,(H,12,14)(H,15,16). The van der Waals surface area contributed by atoms with Gasteiger partial charge in [-0.1, -0.05) is 0 Å². The van der Waals surface area contributed by atoms with Crippen molar-refractivity contribution in [2.75, 3.05) is 33.4 Å². The first-order valence-corrected chi connectivity index (χ1v) is 5.68. The summed E-state index contributed by atoms with van der Waals surface area (Å²) in [6, 6.07) is 0.106. The van der Waals surface area contributed by atoms with Crippen molar-refractivity contribution in [2.24, 2.45) is 0 Å². The monoisotopic (exact) mass is 246 g/mol. The van der Waals surface area contributed by atoms with Gasteiger partial charge in [-0.2, -0.15) is 0 Å². The molecule has 100 valence electrons. The van der Waals surface area contributed by atoms with Gasteiger partial charge in [0.1, 0.15) is 0 Å². The van der Waals surface area contributed by atoms with Gasteiger partial charge in [-0.3, -0.25) is 14.5 Å². The lowest BCUT2D eigenvalue weighted by molar-refractivity contribution is -0.138. The number of rotatable bonds is 9. The summed E-state index contributed by atoms with van der Waals surface area (Å²) in [6.07, 6.45) is 0.301. The highest BCUT2D eigenvalue weighted by molar-refractivity contribution is 5.76. The molecule has 6 nitrogen and oxygen atoms in total. The second-order valence-corrected chi connectivity index (χ2v) is 4.13. The highest BCUT2D eigenvalue weighted by Gasteiger charge is 2.11. The van der Waals surface area contributed by atoms with Crippen LogP contribution in [0.4, 0.5) is 0 Å². The van der Waals surface area contributed by atoms with Crippen molar-refractivity contribution in [2.45, 2.75) is 26.3 Å². The number of ether oxygens (including phenoxy) is 1. The van der Waals surface area contributed by atoms with Crippen molar-refractivity contribution in [3.8, 4) is 0 Å². The minimum Gasteiger partial charge on any atom is -0.480 e. The van der Waals surface area contributed by atoms with Gasteiger partial charge < -0.3 is 15.2 Å². The fourth-order valence-electron chi connectivity index (χ4n) is 1.34. The summed E-state index contributed by atoms with van der Waals surface area (Å²) >= 11 is 0. The van der Waals surface area contributed by atoms with Gasteiger partial charge in [0.15, 0.2) is 0 Å². The Balaban J connectivity index is 3.96. The molecule has 0 radical (unpaired) electrons. The van der Waals surface area contributed by atoms with Crippen molar-refractivity contribution < 1.29 is 19.4 Å². The minimum atomic E-state index is -0.898. The van der Waals surface area contributed by atoms with Crippen LogP contribution in [0.25, 0.3) is 0 Å². The molecule has 0 heterocycles. The molecule has 6 heteroatoms. The van der Waals surface area contributed by atoms with Gasteiger partial charge in [-0.25, -0.2) is 0 Å². The minimum absolute atomic E-state index is 0.0622. The van der Waals surface area contributed by atoms with E-state index in [0.29, 0.717) is 26.1 Å². The fraction of sp³-hybridized carbons (Fsp3) is 0.818. The van der Waals surface area contributed by atoms with Crippen molar-refractivity contribution in [1.82, 2.24) is 10.2 Å². The second-order valence-electron chi connectivity index (χ2n) is 4.13. The zero-order valence-corrected chi connectivity index (χ0v) is 10.7. The average Bonchev–Trinajstić information content (AvgIpc) is 2.20. The Hall–Kier alpha value is -1.14. The number of hydrogen-bond donors (Lipinski definition) is 2. The van der Waals surface area contributed by atoms with E-state index < -0.39 is 5.97 Å². The number of hydrogen-bond acceptors (Lipinski definition) is 4. The van der Waals surface area contributed by atoms with Crippen molar-refractivity contribution in [3.63, 3.8) is 0 Å². The molecule has 1 amide bonds. The maximum absolute atomic E-state index is 11.4. The highest BCUT2D eigenvalue weighted by atomic mass is 16.5. The number of amides is 1. The van der Waals surface area contributed by atoms with Gasteiger partial charge in [0.25, 0.3) is 0 Å². The number of methoxy groups -OCH3 is 1. The summed E-state index contributed by atoms with van der Waals surface area (Å²) in [7, 11) is 1.56. The van der Waals surface area contributed by atoms with Crippen LogP contribution in [0.5, 0.6) is 0 Å². The van der Waals surface area contributed by atoms with Crippen LogP contribution in [-0.2, 0) is 14.3 Å². The predicted molar refractivity (Wildman–Crippen MR) is 63.8 cm³/mol. The molecule has 0 atom stereocenters. The molecule has 0 aliphatic heterocycles. The average molecular weight is 246 g/mol. The van der Waals surface area contributed by atoms with Crippen molar-refractivity contribution in [3.05, 3.63) is 0 Å². The first-order valence-electron chi connectivity index (χ1n) is 5.68. The van der Waals surface area contributed by atoms with E-state index in [2.05, 4.69) is 5.32 Å². The number of carbonyl (C=O) groups excluding carboxylic acids is 1. The van der Waals surface area contributed by atoms with Gasteiger partial charge in [0.2, 0.25) is 5.91 Å². The predicted octanol–water partition coefficient (Wildman–Crippen LogP) is -0.0659. The summed E-state index contributed by atoms with van der Waals surface area (Å²) in [5.41, 5.74) is 0. The van der Waals surface area contributed by atoms with E-state index in [1.807, 2.05) is 13.8 Å². The Morgan fingerprint density at radius 1 is 1.35 bits per heavy atom. The molecule has 0 saturated heterocycles. The number of carboxylic acid groups (broad SMARTS) is 1. The molecule has 0 aromatic rings. The number of nitrogens with zero attached hydrogens (tertiary/aromatic N) is 1. The van der Waals surface area contributed by atoms with E-state index in [0.717, 1.165) is 0 Å². The normalized spacial score (nSPS) is 10.9. The van der Waals surface area contributed by atoms with Gasteiger partial charge in [0.05, 0.1) is 13.2 Å². The number of carboxylic acids is 1. The summed E-state index contributed by atoms with van der Waals surface area (Å²) in [5, 5.41) is 11.5. The summed E-state index contributed by atoms with van der Waals surface area (Å²) in [6.45, 7) is 5.10. The van der Waals surface area contributed by atoms with Crippen LogP contribution in [0.2, 0.25) is 0 Å². The zero-order chi connectivity index (χ0) is 13.3. The Kier molecular flexibility index (Phi) is 8.35. The maximum Gasteiger partial charge on any atom is 0.317 e. The summed E-state index contributed by atoms with van der Waals surface area (Å²) in [4.78, 5) is 23.7. The molecule has 0 saturated carbocycles. The van der Waals surface area contributed by atoms with Crippen molar-refractivity contribution >= 4 is 11.9 Å². The van der Waals surface area contributed by atoms with E-state index in [4.69, 9.17) is 9.84 Å². The molecule has 2 N–H and O–H groups in total. The Morgan fingerprint density at radius 3 is 2.47 bits per heavy atom. The third-order valence-corrected chi connectivity index (χ3v) is 2.08. The fourth-order valence-corrected chi connectivity index (χ4v) is 1.34. The molecule has 0 aromatic heterocycles. The van der Waals surface area contributed by atoms with Crippen LogP contribution in [0.3, 0.4) is 0 Å². The third kappa shape index (κ3) is 9.77. The third-order valence-electron chi connectivity index (χ3n) is 2.08. The van der Waals surface area contributed by atoms with E-state index in [1.54, 1.807) is 12.0 Å². The van der Waals surface area contributed by atoms with Gasteiger partial charge in [-0.15, -0.1) is 0 Å². The molecule has 0 fully saturated rings. The molecule has 0 aromatic carbocycles. The van der Waals surface area contributed by atoms with Crippen LogP contribution < -0.4 is 5.32 Å². The van der Waals surface area contributed by atoms with Gasteiger partial charge in [-0.05, 0) is 13.8 Å². The van der Waals surface area contributed by atoms with Crippen molar-refractivity contribution in [1.29, 1.82) is 0 Å². The molecular formula is C11H22N2O4. The lowest BCUT2D eigenvalue weighted by Gasteiger charge is -2.19. The summed E-state index contributed by atoms with van der Waals surface area (Å²) < 4.78 is 4.89. The smallest absolute Gasteiger partial charge is 0.317 e. The van der Waals surface area contributed by atoms with E-state index in [-0.39, 0.29) is 18.5 Å². The maximum atomic E-state index is 11.4. The van der Waals surface area contributed by atoms with Gasteiger partial charge >= 0.3 is 5.97 Å². The zero-order valence-electron chi connectivity index (χ0n) is 10.7. The molecule has 0 spiro atoms. The number of carbonyl (C=O) groups is 2. The van der Waals surface area contributed by atoms with E-state index in [9.17, 15) is 9.59 Å². The van der Waals surface area contributed by atoms with Gasteiger partial charge in [0, 0.05) is 32.7 Å². The first kappa shape index (κ1) is 15.9. The first-order chi connectivity index (χ1) is 7.95. The molecule has 0 rings (SSSR count). The Bertz CT molecular complexity index is 244. The van der Waals surface area contributed by atoms with Crippen LogP contribution >= 0.6 is 0 Å². The Morgan fingerprint density at radius 2 is 2.00 bits per heavy atom. The molecule has 0 aliphatic rings. The topological polar surface area (TPSA) is 78.9 Å².